The fraction of sp³-hybridized carbons (Fsp3) is 0.500. The topological polar surface area (TPSA) is 146 Å². The van der Waals surface area contributed by atoms with Crippen LogP contribution in [0.1, 0.15) is 37.8 Å². The molecule has 0 radical (unpaired) electrons. The van der Waals surface area contributed by atoms with Gasteiger partial charge in [-0.25, -0.2) is 0 Å². The number of carbonyl (C=O) groups excluding carboxylic acids is 4. The van der Waals surface area contributed by atoms with Gasteiger partial charge < -0.3 is 30.6 Å². The largest absolute Gasteiger partial charge is 0.388 e. The van der Waals surface area contributed by atoms with Crippen molar-refractivity contribution in [2.45, 2.75) is 81.5 Å². The average Bonchev–Trinajstić information content (AvgIpc) is 3.75. The zero-order chi connectivity index (χ0) is 33.6. The van der Waals surface area contributed by atoms with Crippen LogP contribution in [0, 0.1) is 0 Å². The van der Waals surface area contributed by atoms with Crippen molar-refractivity contribution in [1.29, 1.82) is 0 Å². The number of nitrogens with zero attached hydrogens (tertiary/aromatic N) is 4. The number of aliphatic hydroxyl groups is 2. The number of rotatable bonds is 3. The van der Waals surface area contributed by atoms with E-state index in [1.807, 2.05) is 62.4 Å². The quantitative estimate of drug-likeness (QED) is 0.344. The van der Waals surface area contributed by atoms with Gasteiger partial charge in [-0.3, -0.25) is 29.0 Å². The van der Waals surface area contributed by atoms with Crippen molar-refractivity contribution in [3.8, 4) is 0 Å². The highest BCUT2D eigenvalue weighted by atomic mass is 33.1. The van der Waals surface area contributed by atoms with Gasteiger partial charge in [-0.05, 0) is 57.7 Å². The minimum Gasteiger partial charge on any atom is -0.388 e. The number of piperazine rings is 2. The van der Waals surface area contributed by atoms with Crippen molar-refractivity contribution < 1.29 is 29.4 Å². The third-order valence-corrected chi connectivity index (χ3v) is 20.3. The Balaban J connectivity index is 1.34. The summed E-state index contributed by atoms with van der Waals surface area (Å²) in [5, 5.41) is 33.9. The van der Waals surface area contributed by atoms with E-state index in [1.54, 1.807) is 23.9 Å². The van der Waals surface area contributed by atoms with E-state index >= 15 is 0 Å². The number of anilines is 2. The molecule has 10 heterocycles. The molecule has 4 bridgehead atoms. The Bertz CT molecular complexity index is 1800. The second-order valence-electron chi connectivity index (χ2n) is 13.8. The molecular weight excluding hydrogens is 693 g/mol. The summed E-state index contributed by atoms with van der Waals surface area (Å²) in [4.78, 5) is 59.4. The monoisotopic (exact) mass is 724 g/mol. The van der Waals surface area contributed by atoms with Gasteiger partial charge in [0.1, 0.15) is 24.5 Å². The van der Waals surface area contributed by atoms with Gasteiger partial charge >= 0.3 is 0 Å². The summed E-state index contributed by atoms with van der Waals surface area (Å²) in [7, 11) is 8.20. The number of benzene rings is 2. The van der Waals surface area contributed by atoms with E-state index in [0.29, 0.717) is 35.3 Å². The molecular formula is C32H32N6O6S4. The molecule has 10 aliphatic heterocycles. The van der Waals surface area contributed by atoms with Crippen molar-refractivity contribution in [3.05, 3.63) is 59.7 Å². The first-order valence-electron chi connectivity index (χ1n) is 16.0. The Kier molecular flexibility index (Phi) is 5.48. The normalized spacial score (nSPS) is 45.5. The molecule has 8 fully saturated rings. The fourth-order valence-corrected chi connectivity index (χ4v) is 18.4. The molecule has 2 aromatic carbocycles. The number of hydrogen-bond donors (Lipinski definition) is 4. The average molecular weight is 725 g/mol. The van der Waals surface area contributed by atoms with Gasteiger partial charge in [0.15, 0.2) is 9.74 Å². The van der Waals surface area contributed by atoms with E-state index in [1.165, 1.54) is 53.0 Å². The number of fused-ring (bicyclic) bond motifs is 11. The molecule has 12 nitrogen and oxygen atoms in total. The maximum Gasteiger partial charge on any atom is 0.264 e. The van der Waals surface area contributed by atoms with Crippen LogP contribution in [0.3, 0.4) is 0 Å². The molecule has 10 atom stereocenters. The highest BCUT2D eigenvalue weighted by Gasteiger charge is 2.93. The molecule has 250 valence electrons. The van der Waals surface area contributed by atoms with E-state index in [0.717, 1.165) is 0 Å². The van der Waals surface area contributed by atoms with Crippen molar-refractivity contribution in [3.63, 3.8) is 0 Å². The molecule has 12 rings (SSSR count). The SMILES string of the molecule is CC[C@@]12SS[C@]3(C(=O)N1C)[C@@H](O)[C@]1([C@@]45c6ccccc6N[C@@H]4N4C(=O)[C@@]6(CC)SS[C@@]4(C(=O)N6C)[C@H]5O)c4ccccc4N[C@@H]1N3C2=O. The Hall–Kier alpha value is -2.76. The lowest BCUT2D eigenvalue weighted by atomic mass is 9.52. The van der Waals surface area contributed by atoms with Gasteiger partial charge in [-0.15, -0.1) is 0 Å². The summed E-state index contributed by atoms with van der Waals surface area (Å²) < 4.78 is 0. The van der Waals surface area contributed by atoms with Crippen molar-refractivity contribution in [1.82, 2.24) is 19.6 Å². The summed E-state index contributed by atoms with van der Waals surface area (Å²) in [5.74, 6) is -1.40. The molecule has 4 amide bonds. The van der Waals surface area contributed by atoms with Crippen LogP contribution < -0.4 is 10.6 Å². The van der Waals surface area contributed by atoms with Crippen LogP contribution >= 0.6 is 43.2 Å². The Morgan fingerprint density at radius 3 is 1.38 bits per heavy atom. The van der Waals surface area contributed by atoms with Crippen LogP contribution in [0.15, 0.2) is 48.5 Å². The number of nitrogens with one attached hydrogen (secondary N) is 2. The highest BCUT2D eigenvalue weighted by Crippen LogP contribution is 2.78. The van der Waals surface area contributed by atoms with Crippen LogP contribution in [0.5, 0.6) is 0 Å². The summed E-state index contributed by atoms with van der Waals surface area (Å²) in [6.07, 6.45) is -4.51. The third-order valence-electron chi connectivity index (χ3n) is 12.7. The lowest BCUT2D eigenvalue weighted by Gasteiger charge is -2.59. The lowest BCUT2D eigenvalue weighted by molar-refractivity contribution is -0.167. The molecule has 48 heavy (non-hydrogen) atoms. The van der Waals surface area contributed by atoms with Gasteiger partial charge in [0.2, 0.25) is 9.74 Å². The van der Waals surface area contributed by atoms with Crippen molar-refractivity contribution >= 4 is 78.2 Å². The minimum atomic E-state index is -1.76. The summed E-state index contributed by atoms with van der Waals surface area (Å²) in [6.45, 7) is 3.74. The summed E-state index contributed by atoms with van der Waals surface area (Å²) in [6, 6.07) is 14.9. The molecule has 0 aliphatic carbocycles. The van der Waals surface area contributed by atoms with E-state index in [-0.39, 0.29) is 11.8 Å². The van der Waals surface area contributed by atoms with Crippen LogP contribution in [-0.2, 0) is 30.0 Å². The second kappa shape index (κ2) is 8.75. The van der Waals surface area contributed by atoms with Crippen molar-refractivity contribution in [2.24, 2.45) is 0 Å². The number of aliphatic hydroxyl groups excluding tert-OH is 2. The zero-order valence-electron chi connectivity index (χ0n) is 26.3. The van der Waals surface area contributed by atoms with Crippen LogP contribution in [0.4, 0.5) is 11.4 Å². The number of hydrogen-bond acceptors (Lipinski definition) is 12. The van der Waals surface area contributed by atoms with Crippen LogP contribution in [0.25, 0.3) is 0 Å². The first-order chi connectivity index (χ1) is 23.0. The molecule has 4 N–H and O–H groups in total. The van der Waals surface area contributed by atoms with Gasteiger partial charge in [0.25, 0.3) is 23.6 Å². The van der Waals surface area contributed by atoms with Crippen molar-refractivity contribution in [2.75, 3.05) is 24.7 Å². The summed E-state index contributed by atoms with van der Waals surface area (Å²) >= 11 is 0. The van der Waals surface area contributed by atoms with Crippen LogP contribution in [0.2, 0.25) is 0 Å². The minimum absolute atomic E-state index is 0.305. The summed E-state index contributed by atoms with van der Waals surface area (Å²) in [5.41, 5.74) is -0.748. The molecule has 16 heteroatoms. The lowest BCUT2D eigenvalue weighted by Crippen LogP contribution is -2.78. The molecule has 2 spiro atoms. The smallest absolute Gasteiger partial charge is 0.264 e. The van der Waals surface area contributed by atoms with Gasteiger partial charge in [0, 0.05) is 25.5 Å². The number of likely N-dealkylation sites (N-methyl/N-ethyl adjacent to an activating group) is 2. The second-order valence-corrected chi connectivity index (χ2v) is 19.1. The number of para-hydroxylation sites is 2. The van der Waals surface area contributed by atoms with Gasteiger partial charge in [-0.1, -0.05) is 71.8 Å². The fourth-order valence-electron chi connectivity index (χ4n) is 10.5. The maximum absolute atomic E-state index is 14.9. The highest BCUT2D eigenvalue weighted by molar-refractivity contribution is 8.78. The van der Waals surface area contributed by atoms with E-state index in [4.69, 9.17) is 0 Å². The van der Waals surface area contributed by atoms with Crippen LogP contribution in [-0.4, -0.2) is 112 Å². The molecule has 2 aromatic rings. The Morgan fingerprint density at radius 2 is 1.00 bits per heavy atom. The third kappa shape index (κ3) is 2.48. The standard InChI is InChI=1S/C32H32N6O6S4/c1-5-27-23(41)37-21-29(15-11-7-9-13-17(15)33-21,19(39)31(37,47-45-27)25(43)35(27)3)30-16-12-8-10-14-18(16)34-22(30)38-24(42)28(6-2)36(4)26(44)32(38,20(30)40)48-46-28/h7-14,19-22,33-34,39-40H,5-6H2,1-4H3/t19-,20-,21+,22+,27-,28+,29+,30+,31-,32+/m0/s1. The molecule has 8 saturated heterocycles. The zero-order valence-corrected chi connectivity index (χ0v) is 29.6. The number of amides is 4. The predicted octanol–water partition coefficient (Wildman–Crippen LogP) is 2.11. The predicted molar refractivity (Wildman–Crippen MR) is 184 cm³/mol. The molecule has 0 saturated carbocycles. The Morgan fingerprint density at radius 1 is 0.625 bits per heavy atom. The first kappa shape index (κ1) is 30.1. The van der Waals surface area contributed by atoms with Gasteiger partial charge in [-0.2, -0.15) is 0 Å². The van der Waals surface area contributed by atoms with E-state index in [2.05, 4.69) is 10.6 Å². The number of carbonyl (C=O) groups is 4. The van der Waals surface area contributed by atoms with Gasteiger partial charge in [0.05, 0.1) is 10.8 Å². The Labute approximate surface area is 291 Å². The molecule has 0 aromatic heterocycles. The maximum atomic E-state index is 14.9. The molecule has 10 aliphatic rings. The van der Waals surface area contributed by atoms with E-state index < -0.39 is 66.7 Å². The first-order valence-corrected chi connectivity index (χ1v) is 20.3. The molecule has 0 unspecified atom stereocenters. The van der Waals surface area contributed by atoms with E-state index in [9.17, 15) is 29.4 Å².